The van der Waals surface area contributed by atoms with E-state index in [1.165, 1.54) is 11.3 Å². The van der Waals surface area contributed by atoms with Crippen LogP contribution in [0, 0.1) is 0 Å². The molecule has 0 saturated carbocycles. The monoisotopic (exact) mass is 316 g/mol. The number of benzene rings is 2. The van der Waals surface area contributed by atoms with E-state index in [1.807, 2.05) is 37.4 Å². The molecule has 1 unspecified atom stereocenters. The second-order valence-corrected chi connectivity index (χ2v) is 6.07. The smallest absolute Gasteiger partial charge is 0.0909 e. The molecule has 1 heterocycles. The van der Waals surface area contributed by atoms with Gasteiger partial charge in [-0.3, -0.25) is 0 Å². The molecule has 2 atom stereocenters. The van der Waals surface area contributed by atoms with Gasteiger partial charge in [0.25, 0.3) is 0 Å². The van der Waals surface area contributed by atoms with Crippen LogP contribution in [0.4, 0.5) is 5.69 Å². The van der Waals surface area contributed by atoms with Crippen molar-refractivity contribution in [1.82, 2.24) is 5.32 Å². The third-order valence-corrected chi connectivity index (χ3v) is 4.60. The molecule has 0 radical (unpaired) electrons. The molecule has 2 aromatic rings. The maximum absolute atomic E-state index is 10.7. The van der Waals surface area contributed by atoms with Crippen molar-refractivity contribution in [1.29, 1.82) is 0 Å². The van der Waals surface area contributed by atoms with Gasteiger partial charge in [-0.25, -0.2) is 0 Å². The summed E-state index contributed by atoms with van der Waals surface area (Å²) < 4.78 is 0. The van der Waals surface area contributed by atoms with Crippen molar-refractivity contribution in [3.63, 3.8) is 0 Å². The molecule has 0 fully saturated rings. The summed E-state index contributed by atoms with van der Waals surface area (Å²) in [5, 5.41) is 14.5. The summed E-state index contributed by atoms with van der Waals surface area (Å²) >= 11 is 6.41. The summed E-state index contributed by atoms with van der Waals surface area (Å²) in [6.07, 6.45) is 0.472. The molecule has 2 N–H and O–H groups in total. The van der Waals surface area contributed by atoms with Crippen LogP contribution < -0.4 is 10.2 Å². The summed E-state index contributed by atoms with van der Waals surface area (Å²) in [4.78, 5) is 2.28. The molecular weight excluding hydrogens is 296 g/mol. The fraction of sp³-hybridized carbons (Fsp3) is 0.333. The molecule has 0 bridgehead atoms. The highest BCUT2D eigenvalue weighted by atomic mass is 35.5. The Morgan fingerprint density at radius 1 is 1.18 bits per heavy atom. The van der Waals surface area contributed by atoms with Gasteiger partial charge in [0.2, 0.25) is 0 Å². The first-order chi connectivity index (χ1) is 10.7. The molecule has 116 valence electrons. The molecule has 1 aliphatic heterocycles. The van der Waals surface area contributed by atoms with E-state index in [1.54, 1.807) is 0 Å². The number of aliphatic hydroxyl groups is 1. The molecular formula is C18H21ClN2O. The average Bonchev–Trinajstić information content (AvgIpc) is 2.94. The predicted octanol–water partition coefficient (Wildman–Crippen LogP) is 3.02. The van der Waals surface area contributed by atoms with E-state index in [0.29, 0.717) is 11.6 Å². The van der Waals surface area contributed by atoms with Gasteiger partial charge in [-0.1, -0.05) is 48.0 Å². The van der Waals surface area contributed by atoms with Crippen LogP contribution in [0.3, 0.4) is 0 Å². The van der Waals surface area contributed by atoms with Crippen LogP contribution in [-0.4, -0.2) is 31.3 Å². The van der Waals surface area contributed by atoms with Crippen LogP contribution in [0.2, 0.25) is 5.02 Å². The van der Waals surface area contributed by atoms with Gasteiger partial charge in [0.05, 0.1) is 12.1 Å². The molecule has 0 aliphatic carbocycles. The maximum atomic E-state index is 10.7. The maximum Gasteiger partial charge on any atom is 0.0909 e. The Morgan fingerprint density at radius 3 is 2.68 bits per heavy atom. The lowest BCUT2D eigenvalue weighted by Crippen LogP contribution is -2.40. The summed E-state index contributed by atoms with van der Waals surface area (Å²) in [6.45, 7) is 1.42. The van der Waals surface area contributed by atoms with Crippen LogP contribution >= 0.6 is 11.6 Å². The summed E-state index contributed by atoms with van der Waals surface area (Å²) in [6, 6.07) is 16.0. The fourth-order valence-electron chi connectivity index (χ4n) is 3.27. The van der Waals surface area contributed by atoms with Gasteiger partial charge < -0.3 is 15.3 Å². The Labute approximate surface area is 136 Å². The Hall–Kier alpha value is -1.55. The number of likely N-dealkylation sites (N-methyl/N-ethyl adjacent to an activating group) is 1. The van der Waals surface area contributed by atoms with Crippen molar-refractivity contribution in [2.45, 2.75) is 18.6 Å². The molecule has 0 saturated heterocycles. The quantitative estimate of drug-likeness (QED) is 0.890. The molecule has 0 amide bonds. The van der Waals surface area contributed by atoms with Gasteiger partial charge >= 0.3 is 0 Å². The lowest BCUT2D eigenvalue weighted by molar-refractivity contribution is 0.141. The molecule has 2 aromatic carbocycles. The van der Waals surface area contributed by atoms with Crippen LogP contribution in [0.15, 0.2) is 48.5 Å². The second-order valence-electron chi connectivity index (χ2n) is 5.66. The van der Waals surface area contributed by atoms with E-state index in [9.17, 15) is 5.11 Å². The van der Waals surface area contributed by atoms with Crippen molar-refractivity contribution in [2.24, 2.45) is 0 Å². The lowest BCUT2D eigenvalue weighted by atomic mass is 9.99. The zero-order valence-corrected chi connectivity index (χ0v) is 13.4. The largest absolute Gasteiger partial charge is 0.389 e. The van der Waals surface area contributed by atoms with Gasteiger partial charge in [0, 0.05) is 23.8 Å². The number of aliphatic hydroxyl groups excluding tert-OH is 1. The number of rotatable bonds is 5. The Kier molecular flexibility index (Phi) is 4.67. The number of para-hydroxylation sites is 1. The Morgan fingerprint density at radius 2 is 1.91 bits per heavy atom. The van der Waals surface area contributed by atoms with E-state index < -0.39 is 6.10 Å². The minimum atomic E-state index is -0.531. The van der Waals surface area contributed by atoms with Gasteiger partial charge in [0.1, 0.15) is 0 Å². The second kappa shape index (κ2) is 6.69. The number of hydrogen-bond acceptors (Lipinski definition) is 3. The van der Waals surface area contributed by atoms with Gasteiger partial charge in [-0.2, -0.15) is 0 Å². The average molecular weight is 317 g/mol. The van der Waals surface area contributed by atoms with E-state index in [2.05, 4.69) is 28.4 Å². The van der Waals surface area contributed by atoms with Gasteiger partial charge in [-0.15, -0.1) is 0 Å². The molecule has 3 rings (SSSR count). The standard InChI is InChI=1S/C18H21ClN2O/c1-20-12-17(22)18(14-7-3-4-8-15(14)19)21-11-10-13-6-2-5-9-16(13)21/h2-9,17-18,20,22H,10-12H2,1H3/t17?,18-/m0/s1. The van der Waals surface area contributed by atoms with Crippen LogP contribution in [0.25, 0.3) is 0 Å². The predicted molar refractivity (Wildman–Crippen MR) is 91.6 cm³/mol. The first kappa shape index (κ1) is 15.3. The molecule has 1 aliphatic rings. The van der Waals surface area contributed by atoms with E-state index in [-0.39, 0.29) is 6.04 Å². The summed E-state index contributed by atoms with van der Waals surface area (Å²) in [5.74, 6) is 0. The van der Waals surface area contributed by atoms with E-state index in [4.69, 9.17) is 11.6 Å². The minimum absolute atomic E-state index is 0.148. The summed E-state index contributed by atoms with van der Waals surface area (Å²) in [7, 11) is 1.85. The van der Waals surface area contributed by atoms with Crippen LogP contribution in [-0.2, 0) is 6.42 Å². The molecule has 0 aromatic heterocycles. The summed E-state index contributed by atoms with van der Waals surface area (Å²) in [5.41, 5.74) is 3.50. The SMILES string of the molecule is CNCC(O)[C@H](c1ccccc1Cl)N1CCc2ccccc21. The van der Waals surface area contributed by atoms with Crippen molar-refractivity contribution < 1.29 is 5.11 Å². The number of nitrogens with one attached hydrogen (secondary N) is 1. The lowest BCUT2D eigenvalue weighted by Gasteiger charge is -2.35. The first-order valence-electron chi connectivity index (χ1n) is 7.64. The first-order valence-corrected chi connectivity index (χ1v) is 8.02. The number of halogens is 1. The molecule has 4 heteroatoms. The highest BCUT2D eigenvalue weighted by Gasteiger charge is 2.32. The van der Waals surface area contributed by atoms with Crippen molar-refractivity contribution in [3.05, 3.63) is 64.7 Å². The Bertz CT molecular complexity index is 646. The van der Waals surface area contributed by atoms with Crippen molar-refractivity contribution in [2.75, 3.05) is 25.0 Å². The third-order valence-electron chi connectivity index (χ3n) is 4.26. The number of anilines is 1. The van der Waals surface area contributed by atoms with Crippen LogP contribution in [0.1, 0.15) is 17.2 Å². The van der Waals surface area contributed by atoms with Gasteiger partial charge in [0.15, 0.2) is 0 Å². The molecule has 22 heavy (non-hydrogen) atoms. The van der Waals surface area contributed by atoms with E-state index in [0.717, 1.165) is 18.5 Å². The highest BCUT2D eigenvalue weighted by molar-refractivity contribution is 6.31. The zero-order valence-electron chi connectivity index (χ0n) is 12.7. The molecule has 3 nitrogen and oxygen atoms in total. The van der Waals surface area contributed by atoms with Crippen molar-refractivity contribution >= 4 is 17.3 Å². The number of hydrogen-bond donors (Lipinski definition) is 2. The van der Waals surface area contributed by atoms with Gasteiger partial charge in [-0.05, 0) is 36.7 Å². The minimum Gasteiger partial charge on any atom is -0.389 e. The topological polar surface area (TPSA) is 35.5 Å². The fourth-order valence-corrected chi connectivity index (χ4v) is 3.52. The highest BCUT2D eigenvalue weighted by Crippen LogP contribution is 2.38. The number of nitrogens with zero attached hydrogens (tertiary/aromatic N) is 1. The normalized spacial score (nSPS) is 16.4. The third kappa shape index (κ3) is 2.84. The van der Waals surface area contributed by atoms with Crippen molar-refractivity contribution in [3.8, 4) is 0 Å². The zero-order chi connectivity index (χ0) is 15.5. The van der Waals surface area contributed by atoms with Crippen LogP contribution in [0.5, 0.6) is 0 Å². The Balaban J connectivity index is 2.02. The molecule has 0 spiro atoms. The van der Waals surface area contributed by atoms with E-state index >= 15 is 0 Å². The number of fused-ring (bicyclic) bond motifs is 1.